The van der Waals surface area contributed by atoms with Gasteiger partial charge in [-0.3, -0.25) is 0 Å². The lowest BCUT2D eigenvalue weighted by Crippen LogP contribution is -2.31. The Morgan fingerprint density at radius 3 is 2.82 bits per heavy atom. The van der Waals surface area contributed by atoms with Gasteiger partial charge in [0.2, 0.25) is 0 Å². The zero-order chi connectivity index (χ0) is 7.40. The first kappa shape index (κ1) is 11.2. The second-order valence-electron chi connectivity index (χ2n) is 3.30. The second kappa shape index (κ2) is 5.81. The van der Waals surface area contributed by atoms with Crippen LogP contribution in [0.15, 0.2) is 0 Å². The van der Waals surface area contributed by atoms with Gasteiger partial charge in [-0.15, -0.1) is 12.4 Å². The van der Waals surface area contributed by atoms with Crippen molar-refractivity contribution in [1.29, 1.82) is 0 Å². The lowest BCUT2D eigenvalue weighted by Gasteiger charge is -2.23. The summed E-state index contributed by atoms with van der Waals surface area (Å²) in [4.78, 5) is 0. The third kappa shape index (κ3) is 4.62. The number of rotatable bonds is 2. The van der Waals surface area contributed by atoms with Crippen LogP contribution < -0.4 is 5.32 Å². The maximum atomic E-state index is 9.08. The fourth-order valence-electron chi connectivity index (χ4n) is 1.61. The topological polar surface area (TPSA) is 32.3 Å². The van der Waals surface area contributed by atoms with Gasteiger partial charge in [-0.1, -0.05) is 0 Å². The largest absolute Gasteiger partial charge is 0.393 e. The van der Waals surface area contributed by atoms with Crippen LogP contribution in [0.25, 0.3) is 0 Å². The van der Waals surface area contributed by atoms with Crippen molar-refractivity contribution < 1.29 is 5.11 Å². The van der Waals surface area contributed by atoms with Gasteiger partial charge in [0, 0.05) is 0 Å². The first-order chi connectivity index (χ1) is 4.79. The normalized spacial score (nSPS) is 27.3. The Morgan fingerprint density at radius 2 is 2.36 bits per heavy atom. The maximum Gasteiger partial charge on any atom is 0.0515 e. The van der Waals surface area contributed by atoms with Crippen molar-refractivity contribution in [3.05, 3.63) is 0 Å². The van der Waals surface area contributed by atoms with Crippen LogP contribution >= 0.6 is 12.4 Å². The van der Waals surface area contributed by atoms with Gasteiger partial charge in [0.15, 0.2) is 0 Å². The van der Waals surface area contributed by atoms with Crippen LogP contribution in [0.5, 0.6) is 0 Å². The summed E-state index contributed by atoms with van der Waals surface area (Å²) in [6.07, 6.45) is 3.41. The molecule has 0 aromatic heterocycles. The molecule has 68 valence electrons. The highest BCUT2D eigenvalue weighted by Gasteiger charge is 2.14. The van der Waals surface area contributed by atoms with E-state index in [1.807, 2.05) is 6.92 Å². The van der Waals surface area contributed by atoms with Crippen molar-refractivity contribution in [2.45, 2.75) is 32.3 Å². The molecule has 1 aliphatic heterocycles. The van der Waals surface area contributed by atoms with Gasteiger partial charge in [0.25, 0.3) is 0 Å². The first-order valence-electron chi connectivity index (χ1n) is 4.18. The monoisotopic (exact) mass is 179 g/mol. The molecule has 1 saturated heterocycles. The molecule has 2 N–H and O–H groups in total. The van der Waals surface area contributed by atoms with Crippen molar-refractivity contribution in [2.75, 3.05) is 13.1 Å². The van der Waals surface area contributed by atoms with Crippen LogP contribution in [0.2, 0.25) is 0 Å². The number of nitrogens with one attached hydrogen (secondary N) is 1. The zero-order valence-corrected chi connectivity index (χ0v) is 7.86. The van der Waals surface area contributed by atoms with E-state index in [9.17, 15) is 0 Å². The summed E-state index contributed by atoms with van der Waals surface area (Å²) >= 11 is 0. The Balaban J connectivity index is 0.000001000. The van der Waals surface area contributed by atoms with E-state index in [0.29, 0.717) is 5.92 Å². The highest BCUT2D eigenvalue weighted by molar-refractivity contribution is 5.85. The fraction of sp³-hybridized carbons (Fsp3) is 1.00. The van der Waals surface area contributed by atoms with Gasteiger partial charge >= 0.3 is 0 Å². The van der Waals surface area contributed by atoms with Gasteiger partial charge < -0.3 is 10.4 Å². The van der Waals surface area contributed by atoms with Gasteiger partial charge in [-0.2, -0.15) is 0 Å². The molecule has 11 heavy (non-hydrogen) atoms. The Kier molecular flexibility index (Phi) is 5.92. The number of hydrogen-bond acceptors (Lipinski definition) is 2. The summed E-state index contributed by atoms with van der Waals surface area (Å²) < 4.78 is 0. The van der Waals surface area contributed by atoms with E-state index in [1.54, 1.807) is 0 Å². The molecule has 2 nitrogen and oxygen atoms in total. The quantitative estimate of drug-likeness (QED) is 0.668. The summed E-state index contributed by atoms with van der Waals surface area (Å²) in [7, 11) is 0. The standard InChI is InChI=1S/C8H17NO.ClH/c1-7(10)5-8-3-2-4-9-6-8;/h7-10H,2-6H2,1H3;1H/t7?,8-;/m0./s1. The molecule has 1 fully saturated rings. The van der Waals surface area contributed by atoms with E-state index in [0.717, 1.165) is 19.5 Å². The molecule has 0 aromatic rings. The van der Waals surface area contributed by atoms with Gasteiger partial charge in [-0.05, 0) is 45.2 Å². The zero-order valence-electron chi connectivity index (χ0n) is 7.05. The second-order valence-corrected chi connectivity index (χ2v) is 3.30. The highest BCUT2D eigenvalue weighted by Crippen LogP contribution is 2.15. The summed E-state index contributed by atoms with van der Waals surface area (Å²) in [5, 5.41) is 12.4. The number of piperidine rings is 1. The Hall–Kier alpha value is 0.210. The van der Waals surface area contributed by atoms with E-state index in [-0.39, 0.29) is 18.5 Å². The molecule has 0 saturated carbocycles. The molecule has 0 aromatic carbocycles. The summed E-state index contributed by atoms with van der Waals surface area (Å²) in [5.74, 6) is 0.716. The summed E-state index contributed by atoms with van der Waals surface area (Å²) in [6.45, 7) is 4.13. The van der Waals surface area contributed by atoms with E-state index in [1.165, 1.54) is 12.8 Å². The van der Waals surface area contributed by atoms with E-state index in [4.69, 9.17) is 5.11 Å². The first-order valence-corrected chi connectivity index (χ1v) is 4.18. The summed E-state index contributed by atoms with van der Waals surface area (Å²) in [5.41, 5.74) is 0. The minimum atomic E-state index is -0.120. The molecule has 1 heterocycles. The van der Waals surface area contributed by atoms with Crippen LogP contribution in [0.4, 0.5) is 0 Å². The predicted octanol–water partition coefficient (Wildman–Crippen LogP) is 1.18. The lowest BCUT2D eigenvalue weighted by atomic mass is 9.94. The van der Waals surface area contributed by atoms with E-state index in [2.05, 4.69) is 5.32 Å². The van der Waals surface area contributed by atoms with Gasteiger partial charge in [-0.25, -0.2) is 0 Å². The van der Waals surface area contributed by atoms with Crippen molar-refractivity contribution >= 4 is 12.4 Å². The average molecular weight is 180 g/mol. The Bertz CT molecular complexity index is 92.1. The molecule has 0 bridgehead atoms. The van der Waals surface area contributed by atoms with Crippen LogP contribution in [-0.4, -0.2) is 24.3 Å². The third-order valence-corrected chi connectivity index (χ3v) is 2.07. The number of aliphatic hydroxyl groups is 1. The molecule has 0 radical (unpaired) electrons. The SMILES string of the molecule is CC(O)C[C@@H]1CCCNC1.Cl. The van der Waals surface area contributed by atoms with Crippen molar-refractivity contribution in [3.8, 4) is 0 Å². The molecule has 1 aliphatic rings. The van der Waals surface area contributed by atoms with E-state index < -0.39 is 0 Å². The molecule has 2 atom stereocenters. The molecule has 1 unspecified atom stereocenters. The van der Waals surface area contributed by atoms with Crippen LogP contribution in [0.3, 0.4) is 0 Å². The summed E-state index contributed by atoms with van der Waals surface area (Å²) in [6, 6.07) is 0. The third-order valence-electron chi connectivity index (χ3n) is 2.07. The van der Waals surface area contributed by atoms with Crippen molar-refractivity contribution in [3.63, 3.8) is 0 Å². The minimum Gasteiger partial charge on any atom is -0.393 e. The van der Waals surface area contributed by atoms with E-state index >= 15 is 0 Å². The highest BCUT2D eigenvalue weighted by atomic mass is 35.5. The number of hydrogen-bond donors (Lipinski definition) is 2. The van der Waals surface area contributed by atoms with Gasteiger partial charge in [0.05, 0.1) is 6.10 Å². The number of halogens is 1. The van der Waals surface area contributed by atoms with Gasteiger partial charge in [0.1, 0.15) is 0 Å². The fourth-order valence-corrected chi connectivity index (χ4v) is 1.61. The van der Waals surface area contributed by atoms with Crippen LogP contribution in [0, 0.1) is 5.92 Å². The maximum absolute atomic E-state index is 9.08. The Morgan fingerprint density at radius 1 is 1.64 bits per heavy atom. The smallest absolute Gasteiger partial charge is 0.0515 e. The molecule has 0 spiro atoms. The van der Waals surface area contributed by atoms with Crippen LogP contribution in [0.1, 0.15) is 26.2 Å². The molecule has 1 rings (SSSR count). The number of aliphatic hydroxyl groups excluding tert-OH is 1. The van der Waals surface area contributed by atoms with Crippen molar-refractivity contribution in [1.82, 2.24) is 5.32 Å². The van der Waals surface area contributed by atoms with Crippen molar-refractivity contribution in [2.24, 2.45) is 5.92 Å². The van der Waals surface area contributed by atoms with Crippen LogP contribution in [-0.2, 0) is 0 Å². The molecule has 3 heteroatoms. The molecular weight excluding hydrogens is 162 g/mol. The minimum absolute atomic E-state index is 0. The molecule has 0 aliphatic carbocycles. The average Bonchev–Trinajstić information content (AvgIpc) is 1.88. The molecular formula is C8H18ClNO. The lowest BCUT2D eigenvalue weighted by molar-refractivity contribution is 0.150. The molecule has 0 amide bonds. The Labute approximate surface area is 74.8 Å². The predicted molar refractivity (Wildman–Crippen MR) is 49.1 cm³/mol.